The van der Waals surface area contributed by atoms with Gasteiger partial charge in [-0.2, -0.15) is 5.10 Å². The number of carbonyl (C=O) groups excluding carboxylic acids is 1. The molecular weight excluding hydrogens is 334 g/mol. The summed E-state index contributed by atoms with van der Waals surface area (Å²) in [7, 11) is 0. The van der Waals surface area contributed by atoms with E-state index < -0.39 is 0 Å². The molecule has 2 N–H and O–H groups in total. The average Bonchev–Trinajstić information content (AvgIpc) is 3.41. The van der Waals surface area contributed by atoms with Crippen LogP contribution in [-0.4, -0.2) is 45.3 Å². The minimum absolute atomic E-state index is 0.00347. The Morgan fingerprint density at radius 2 is 2.16 bits per heavy atom. The van der Waals surface area contributed by atoms with E-state index in [-0.39, 0.29) is 18.6 Å². The molecule has 6 heteroatoms. The minimum atomic E-state index is -0.0510. The van der Waals surface area contributed by atoms with Gasteiger partial charge in [0, 0.05) is 23.2 Å². The van der Waals surface area contributed by atoms with Gasteiger partial charge in [0.25, 0.3) is 5.91 Å². The Bertz CT molecular complexity index is 872. The lowest BCUT2D eigenvalue weighted by Crippen LogP contribution is -2.37. The zero-order valence-corrected chi connectivity index (χ0v) is 14.5. The summed E-state index contributed by atoms with van der Waals surface area (Å²) in [6.07, 6.45) is 3.57. The molecule has 3 aromatic rings. The molecule has 0 saturated carbocycles. The first kappa shape index (κ1) is 16.1. The van der Waals surface area contributed by atoms with Gasteiger partial charge < -0.3 is 10.0 Å². The highest BCUT2D eigenvalue weighted by molar-refractivity contribution is 7.18. The van der Waals surface area contributed by atoms with Crippen LogP contribution < -0.4 is 0 Å². The summed E-state index contributed by atoms with van der Waals surface area (Å²) in [5.74, 6) is 0.00347. The summed E-state index contributed by atoms with van der Waals surface area (Å²) in [6, 6.07) is 13.7. The van der Waals surface area contributed by atoms with Crippen LogP contribution in [0.2, 0.25) is 0 Å². The summed E-state index contributed by atoms with van der Waals surface area (Å²) in [4.78, 5) is 16.8. The number of aliphatic hydroxyl groups excluding tert-OH is 1. The third-order valence-electron chi connectivity index (χ3n) is 4.61. The van der Waals surface area contributed by atoms with Gasteiger partial charge in [-0.25, -0.2) is 0 Å². The second-order valence-electron chi connectivity index (χ2n) is 6.19. The normalized spacial score (nSPS) is 17.2. The Morgan fingerprint density at radius 1 is 1.28 bits per heavy atom. The number of hydrogen-bond donors (Lipinski definition) is 2. The van der Waals surface area contributed by atoms with Gasteiger partial charge in [-0.05, 0) is 48.7 Å². The first-order valence-corrected chi connectivity index (χ1v) is 9.20. The van der Waals surface area contributed by atoms with Gasteiger partial charge in [0.2, 0.25) is 0 Å². The maximum atomic E-state index is 12.8. The molecular formula is C19H19N3O2S. The van der Waals surface area contributed by atoms with E-state index in [1.54, 1.807) is 22.4 Å². The summed E-state index contributed by atoms with van der Waals surface area (Å²) >= 11 is 1.67. The number of hydrogen-bond acceptors (Lipinski definition) is 4. The number of carbonyl (C=O) groups is 1. The van der Waals surface area contributed by atoms with Crippen LogP contribution in [0.1, 0.15) is 23.2 Å². The minimum Gasteiger partial charge on any atom is -0.394 e. The Balaban J connectivity index is 1.60. The van der Waals surface area contributed by atoms with Gasteiger partial charge >= 0.3 is 0 Å². The van der Waals surface area contributed by atoms with Crippen LogP contribution in [0.4, 0.5) is 0 Å². The Hall–Kier alpha value is -2.44. The molecule has 1 aliphatic rings. The maximum Gasteiger partial charge on any atom is 0.254 e. The molecule has 0 spiro atoms. The van der Waals surface area contributed by atoms with Crippen molar-refractivity contribution in [2.45, 2.75) is 18.9 Å². The van der Waals surface area contributed by atoms with Crippen molar-refractivity contribution in [3.8, 4) is 21.0 Å². The molecule has 0 unspecified atom stereocenters. The number of likely N-dealkylation sites (tertiary alicyclic amines) is 1. The summed E-state index contributed by atoms with van der Waals surface area (Å²) < 4.78 is 0. The number of H-pyrrole nitrogens is 1. The number of nitrogens with one attached hydrogen (secondary N) is 1. The summed E-state index contributed by atoms with van der Waals surface area (Å²) in [6.45, 7) is 0.751. The molecule has 1 aliphatic heterocycles. The Morgan fingerprint density at radius 3 is 2.96 bits per heavy atom. The summed E-state index contributed by atoms with van der Waals surface area (Å²) in [5.41, 5.74) is 2.70. The fourth-order valence-electron chi connectivity index (χ4n) is 3.30. The quantitative estimate of drug-likeness (QED) is 0.755. The predicted molar refractivity (Wildman–Crippen MR) is 98.5 cm³/mol. The van der Waals surface area contributed by atoms with Gasteiger partial charge in [0.15, 0.2) is 0 Å². The first-order chi connectivity index (χ1) is 12.3. The van der Waals surface area contributed by atoms with Crippen molar-refractivity contribution in [1.29, 1.82) is 0 Å². The van der Waals surface area contributed by atoms with E-state index in [4.69, 9.17) is 0 Å². The second-order valence-corrected chi connectivity index (χ2v) is 7.28. The molecule has 25 heavy (non-hydrogen) atoms. The van der Waals surface area contributed by atoms with Gasteiger partial charge in [-0.15, -0.1) is 11.3 Å². The van der Waals surface area contributed by atoms with Crippen molar-refractivity contribution in [1.82, 2.24) is 15.1 Å². The number of nitrogens with zero attached hydrogens (tertiary/aromatic N) is 2. The largest absolute Gasteiger partial charge is 0.394 e. The van der Waals surface area contributed by atoms with Gasteiger partial charge in [0.1, 0.15) is 0 Å². The molecule has 1 atom stereocenters. The van der Waals surface area contributed by atoms with E-state index in [2.05, 4.69) is 22.3 Å². The summed E-state index contributed by atoms with van der Waals surface area (Å²) in [5, 5.41) is 16.4. The number of benzene rings is 1. The van der Waals surface area contributed by atoms with Crippen molar-refractivity contribution in [2.75, 3.05) is 13.2 Å². The number of thiophene rings is 1. The molecule has 0 aliphatic carbocycles. The highest BCUT2D eigenvalue weighted by atomic mass is 32.1. The maximum absolute atomic E-state index is 12.8. The molecule has 0 radical (unpaired) electrons. The van der Waals surface area contributed by atoms with Gasteiger partial charge in [-0.1, -0.05) is 12.1 Å². The monoisotopic (exact) mass is 353 g/mol. The molecule has 1 amide bonds. The lowest BCUT2D eigenvalue weighted by molar-refractivity contribution is 0.0677. The highest BCUT2D eigenvalue weighted by Crippen LogP contribution is 2.34. The van der Waals surface area contributed by atoms with E-state index >= 15 is 0 Å². The SMILES string of the molecule is O=C(c1cccc(-c2ccc(-c3ccn[nH]3)s2)c1)N1CCC[C@H]1CO. The van der Waals surface area contributed by atoms with E-state index in [0.717, 1.165) is 40.4 Å². The van der Waals surface area contributed by atoms with E-state index in [1.807, 2.05) is 30.3 Å². The first-order valence-electron chi connectivity index (χ1n) is 8.38. The lowest BCUT2D eigenvalue weighted by Gasteiger charge is -2.23. The third kappa shape index (κ3) is 3.10. The Labute approximate surface area is 149 Å². The molecule has 4 rings (SSSR count). The van der Waals surface area contributed by atoms with Crippen molar-refractivity contribution in [3.63, 3.8) is 0 Å². The molecule has 1 fully saturated rings. The molecule has 1 aromatic carbocycles. The molecule has 2 aromatic heterocycles. The van der Waals surface area contributed by atoms with E-state index in [1.165, 1.54) is 0 Å². The fourth-order valence-corrected chi connectivity index (χ4v) is 4.27. The zero-order chi connectivity index (χ0) is 17.2. The van der Waals surface area contributed by atoms with E-state index in [0.29, 0.717) is 5.56 Å². The van der Waals surface area contributed by atoms with E-state index in [9.17, 15) is 9.90 Å². The molecule has 3 heterocycles. The molecule has 128 valence electrons. The predicted octanol–water partition coefficient (Wildman–Crippen LogP) is 3.40. The van der Waals surface area contributed by atoms with Crippen molar-refractivity contribution < 1.29 is 9.90 Å². The zero-order valence-electron chi connectivity index (χ0n) is 13.7. The fraction of sp³-hybridized carbons (Fsp3) is 0.263. The van der Waals surface area contributed by atoms with Crippen molar-refractivity contribution in [3.05, 3.63) is 54.2 Å². The lowest BCUT2D eigenvalue weighted by atomic mass is 10.1. The van der Waals surface area contributed by atoms with Gasteiger partial charge in [-0.3, -0.25) is 9.89 Å². The number of aromatic amines is 1. The van der Waals surface area contributed by atoms with Crippen LogP contribution in [0.3, 0.4) is 0 Å². The van der Waals surface area contributed by atoms with Crippen molar-refractivity contribution in [2.24, 2.45) is 0 Å². The number of rotatable bonds is 4. The topological polar surface area (TPSA) is 69.2 Å². The smallest absolute Gasteiger partial charge is 0.254 e. The average molecular weight is 353 g/mol. The standard InChI is InChI=1S/C19H19N3O2S/c23-12-15-5-2-10-22(15)19(24)14-4-1-3-13(11-14)17-6-7-18(25-17)16-8-9-20-21-16/h1,3-4,6-9,11,15,23H,2,5,10,12H2,(H,20,21)/t15-/m0/s1. The number of amides is 1. The van der Waals surface area contributed by atoms with Gasteiger partial charge in [0.05, 0.1) is 23.2 Å². The van der Waals surface area contributed by atoms with Crippen molar-refractivity contribution >= 4 is 17.2 Å². The molecule has 1 saturated heterocycles. The number of aromatic nitrogens is 2. The van der Waals surface area contributed by atoms with Crippen LogP contribution in [0.5, 0.6) is 0 Å². The van der Waals surface area contributed by atoms with Crippen LogP contribution in [0.25, 0.3) is 21.0 Å². The van der Waals surface area contributed by atoms with Crippen LogP contribution >= 0.6 is 11.3 Å². The van der Waals surface area contributed by atoms with Crippen LogP contribution in [0.15, 0.2) is 48.7 Å². The molecule has 0 bridgehead atoms. The molecule has 5 nitrogen and oxygen atoms in total. The van der Waals surface area contributed by atoms with Crippen LogP contribution in [0, 0.1) is 0 Å². The van der Waals surface area contributed by atoms with Crippen LogP contribution in [-0.2, 0) is 0 Å². The highest BCUT2D eigenvalue weighted by Gasteiger charge is 2.28. The second kappa shape index (κ2) is 6.82. The number of aliphatic hydroxyl groups is 1. The third-order valence-corrected chi connectivity index (χ3v) is 5.78. The Kier molecular flexibility index (Phi) is 4.38.